The highest BCUT2D eigenvalue weighted by Gasteiger charge is 1.99. The fourth-order valence-corrected chi connectivity index (χ4v) is 0.409. The Balaban J connectivity index is 0. The van der Waals surface area contributed by atoms with Crippen molar-refractivity contribution in [1.82, 2.24) is 4.90 Å². The first-order valence-electron chi connectivity index (χ1n) is 3.93. The van der Waals surface area contributed by atoms with Crippen LogP contribution in [0.3, 0.4) is 0 Å². The SMILES string of the molecule is C=C(CCC)C(=O)O.CN(C)C. The number of nitrogens with zero attached hydrogens (tertiary/aromatic N) is 1. The van der Waals surface area contributed by atoms with E-state index in [9.17, 15) is 4.79 Å². The van der Waals surface area contributed by atoms with Gasteiger partial charge in [-0.3, -0.25) is 0 Å². The summed E-state index contributed by atoms with van der Waals surface area (Å²) in [6.07, 6.45) is 1.44. The van der Waals surface area contributed by atoms with Gasteiger partial charge in [-0.05, 0) is 27.6 Å². The Bertz CT molecular complexity index is 139. The number of rotatable bonds is 3. The lowest BCUT2D eigenvalue weighted by atomic mass is 10.2. The number of carboxylic acid groups (broad SMARTS) is 1. The first kappa shape index (κ1) is 13.7. The second-order valence-corrected chi connectivity index (χ2v) is 3.00. The Morgan fingerprint density at radius 3 is 1.83 bits per heavy atom. The molecule has 0 aliphatic rings. The summed E-state index contributed by atoms with van der Waals surface area (Å²) < 4.78 is 0. The molecule has 0 fully saturated rings. The van der Waals surface area contributed by atoms with Crippen LogP contribution < -0.4 is 0 Å². The summed E-state index contributed by atoms with van der Waals surface area (Å²) in [6, 6.07) is 0. The fraction of sp³-hybridized carbons (Fsp3) is 0.667. The molecule has 0 spiro atoms. The molecule has 0 saturated heterocycles. The largest absolute Gasteiger partial charge is 0.478 e. The molecule has 0 bridgehead atoms. The van der Waals surface area contributed by atoms with Crippen molar-refractivity contribution in [2.24, 2.45) is 0 Å². The molecule has 0 aromatic carbocycles. The van der Waals surface area contributed by atoms with E-state index in [1.807, 2.05) is 33.0 Å². The molecule has 0 radical (unpaired) electrons. The molecular formula is C9H19NO2. The van der Waals surface area contributed by atoms with E-state index in [2.05, 4.69) is 6.58 Å². The van der Waals surface area contributed by atoms with Gasteiger partial charge >= 0.3 is 5.97 Å². The Labute approximate surface area is 74.7 Å². The summed E-state index contributed by atoms with van der Waals surface area (Å²) in [5, 5.41) is 8.21. The Kier molecular flexibility index (Phi) is 9.47. The Morgan fingerprint density at radius 2 is 1.75 bits per heavy atom. The van der Waals surface area contributed by atoms with Crippen molar-refractivity contribution < 1.29 is 9.90 Å². The van der Waals surface area contributed by atoms with Gasteiger partial charge in [-0.15, -0.1) is 0 Å². The van der Waals surface area contributed by atoms with Gasteiger partial charge < -0.3 is 10.0 Å². The van der Waals surface area contributed by atoms with Crippen LogP contribution in [0.25, 0.3) is 0 Å². The van der Waals surface area contributed by atoms with E-state index in [0.717, 1.165) is 6.42 Å². The monoisotopic (exact) mass is 173 g/mol. The van der Waals surface area contributed by atoms with Crippen molar-refractivity contribution in [2.75, 3.05) is 21.1 Å². The molecule has 72 valence electrons. The second-order valence-electron chi connectivity index (χ2n) is 3.00. The maximum atomic E-state index is 9.99. The maximum absolute atomic E-state index is 9.99. The molecule has 0 atom stereocenters. The summed E-state index contributed by atoms with van der Waals surface area (Å²) in [4.78, 5) is 12.0. The molecule has 0 aromatic heterocycles. The molecule has 0 heterocycles. The summed E-state index contributed by atoms with van der Waals surface area (Å²) in [5.74, 6) is -0.883. The average molecular weight is 173 g/mol. The van der Waals surface area contributed by atoms with Gasteiger partial charge in [0.05, 0.1) is 0 Å². The molecule has 0 saturated carbocycles. The van der Waals surface area contributed by atoms with Crippen LogP contribution in [0.2, 0.25) is 0 Å². The highest BCUT2D eigenvalue weighted by molar-refractivity contribution is 5.85. The average Bonchev–Trinajstić information content (AvgIpc) is 1.86. The zero-order chi connectivity index (χ0) is 10.1. The maximum Gasteiger partial charge on any atom is 0.330 e. The standard InChI is InChI=1S/C6H10O2.C3H9N/c1-3-4-5(2)6(7)8;1-4(2)3/h2-4H2,1H3,(H,7,8);1-3H3. The molecule has 12 heavy (non-hydrogen) atoms. The summed E-state index contributed by atoms with van der Waals surface area (Å²) >= 11 is 0. The fourth-order valence-electron chi connectivity index (χ4n) is 0.409. The van der Waals surface area contributed by atoms with E-state index in [-0.39, 0.29) is 0 Å². The smallest absolute Gasteiger partial charge is 0.330 e. The molecule has 0 aromatic rings. The summed E-state index contributed by atoms with van der Waals surface area (Å²) in [5.41, 5.74) is 0.299. The minimum atomic E-state index is -0.883. The number of hydrogen-bond acceptors (Lipinski definition) is 2. The van der Waals surface area contributed by atoms with Crippen LogP contribution in [0.1, 0.15) is 19.8 Å². The van der Waals surface area contributed by atoms with Gasteiger partial charge in [0.25, 0.3) is 0 Å². The first-order chi connectivity index (χ1) is 5.41. The highest BCUT2D eigenvalue weighted by atomic mass is 16.4. The topological polar surface area (TPSA) is 40.5 Å². The van der Waals surface area contributed by atoms with E-state index in [1.54, 1.807) is 0 Å². The molecular weight excluding hydrogens is 154 g/mol. The van der Waals surface area contributed by atoms with Crippen LogP contribution >= 0.6 is 0 Å². The molecule has 0 aliphatic heterocycles. The number of carbonyl (C=O) groups is 1. The number of hydrogen-bond donors (Lipinski definition) is 1. The zero-order valence-electron chi connectivity index (χ0n) is 8.42. The third-order valence-corrected chi connectivity index (χ3v) is 0.854. The van der Waals surface area contributed by atoms with Gasteiger partial charge in [-0.1, -0.05) is 19.9 Å². The summed E-state index contributed by atoms with van der Waals surface area (Å²) in [6.45, 7) is 5.27. The van der Waals surface area contributed by atoms with Crippen molar-refractivity contribution in [3.05, 3.63) is 12.2 Å². The lowest BCUT2D eigenvalue weighted by Gasteiger charge is -1.92. The minimum Gasteiger partial charge on any atom is -0.478 e. The lowest BCUT2D eigenvalue weighted by molar-refractivity contribution is -0.132. The van der Waals surface area contributed by atoms with Gasteiger partial charge in [-0.2, -0.15) is 0 Å². The Morgan fingerprint density at radius 1 is 1.42 bits per heavy atom. The van der Waals surface area contributed by atoms with Crippen LogP contribution in [0.5, 0.6) is 0 Å². The van der Waals surface area contributed by atoms with Gasteiger partial charge in [0, 0.05) is 5.57 Å². The molecule has 0 unspecified atom stereocenters. The predicted molar refractivity (Wildman–Crippen MR) is 51.3 cm³/mol. The van der Waals surface area contributed by atoms with Crippen LogP contribution in [0.4, 0.5) is 0 Å². The molecule has 0 amide bonds. The lowest BCUT2D eigenvalue weighted by Crippen LogP contribution is -1.99. The van der Waals surface area contributed by atoms with E-state index in [1.165, 1.54) is 0 Å². The second kappa shape index (κ2) is 8.27. The van der Waals surface area contributed by atoms with Crippen molar-refractivity contribution in [3.8, 4) is 0 Å². The van der Waals surface area contributed by atoms with E-state index < -0.39 is 5.97 Å². The van der Waals surface area contributed by atoms with E-state index in [4.69, 9.17) is 5.11 Å². The van der Waals surface area contributed by atoms with Crippen molar-refractivity contribution in [2.45, 2.75) is 19.8 Å². The molecule has 1 N–H and O–H groups in total. The van der Waals surface area contributed by atoms with Crippen molar-refractivity contribution in [1.29, 1.82) is 0 Å². The molecule has 0 aliphatic carbocycles. The third-order valence-electron chi connectivity index (χ3n) is 0.854. The highest BCUT2D eigenvalue weighted by Crippen LogP contribution is 1.99. The van der Waals surface area contributed by atoms with Gasteiger partial charge in [0.1, 0.15) is 0 Å². The first-order valence-corrected chi connectivity index (χ1v) is 3.93. The zero-order valence-corrected chi connectivity index (χ0v) is 8.42. The van der Waals surface area contributed by atoms with Crippen LogP contribution in [0.15, 0.2) is 12.2 Å². The van der Waals surface area contributed by atoms with Crippen LogP contribution in [-0.2, 0) is 4.79 Å². The third kappa shape index (κ3) is 16.1. The number of aliphatic carboxylic acids is 1. The minimum absolute atomic E-state index is 0.299. The molecule has 3 heteroatoms. The summed E-state index contributed by atoms with van der Waals surface area (Å²) in [7, 11) is 6.00. The van der Waals surface area contributed by atoms with Gasteiger partial charge in [0.2, 0.25) is 0 Å². The van der Waals surface area contributed by atoms with Crippen LogP contribution in [0, 0.1) is 0 Å². The molecule has 0 rings (SSSR count). The Hall–Kier alpha value is -0.830. The van der Waals surface area contributed by atoms with E-state index in [0.29, 0.717) is 12.0 Å². The van der Waals surface area contributed by atoms with E-state index >= 15 is 0 Å². The number of carboxylic acids is 1. The van der Waals surface area contributed by atoms with Crippen molar-refractivity contribution in [3.63, 3.8) is 0 Å². The predicted octanol–water partition coefficient (Wildman–Crippen LogP) is 1.61. The quantitative estimate of drug-likeness (QED) is 0.659. The normalized spacial score (nSPS) is 8.75. The van der Waals surface area contributed by atoms with Crippen molar-refractivity contribution >= 4 is 5.97 Å². The van der Waals surface area contributed by atoms with Crippen LogP contribution in [-0.4, -0.2) is 37.1 Å². The molecule has 3 nitrogen and oxygen atoms in total. The van der Waals surface area contributed by atoms with Gasteiger partial charge in [0.15, 0.2) is 0 Å². The van der Waals surface area contributed by atoms with Gasteiger partial charge in [-0.25, -0.2) is 4.79 Å².